The molecule has 0 fully saturated rings. The van der Waals surface area contributed by atoms with E-state index in [2.05, 4.69) is 0 Å². The monoisotopic (exact) mass is 357 g/mol. The highest BCUT2D eigenvalue weighted by Gasteiger charge is 2.32. The number of esters is 1. The minimum atomic E-state index is -5.36. The number of hydrogen-bond donors (Lipinski definition) is 0. The first-order valence-corrected chi connectivity index (χ1v) is 7.87. The largest absolute Gasteiger partial charge is 0.744 e. The SMILES string of the molecule is CC(C)(C)C(=O)Oc1c(C#N)c(C#N)c(S(=O)(=O)[O-])c(C#N)c1C#N. The summed E-state index contributed by atoms with van der Waals surface area (Å²) in [5.74, 6) is -1.63. The fourth-order valence-electron chi connectivity index (χ4n) is 1.73. The maximum absolute atomic E-state index is 12.1. The van der Waals surface area contributed by atoms with Crippen LogP contribution < -0.4 is 4.74 Å². The molecule has 0 saturated heterocycles. The Hall–Kier alpha value is -3.44. The van der Waals surface area contributed by atoms with Crippen molar-refractivity contribution in [2.24, 2.45) is 5.41 Å². The molecule has 0 bridgehead atoms. The molecule has 0 amide bonds. The Labute approximate surface area is 143 Å². The molecule has 0 spiro atoms. The molecule has 9 nitrogen and oxygen atoms in total. The van der Waals surface area contributed by atoms with Crippen LogP contribution in [0.1, 0.15) is 43.0 Å². The predicted molar refractivity (Wildman–Crippen MR) is 78.4 cm³/mol. The van der Waals surface area contributed by atoms with Crippen molar-refractivity contribution in [3.8, 4) is 30.0 Å². The molecule has 0 unspecified atom stereocenters. The van der Waals surface area contributed by atoms with E-state index in [1.54, 1.807) is 0 Å². The van der Waals surface area contributed by atoms with Crippen molar-refractivity contribution in [1.29, 1.82) is 21.0 Å². The van der Waals surface area contributed by atoms with Crippen molar-refractivity contribution in [2.75, 3.05) is 0 Å². The zero-order valence-electron chi connectivity index (χ0n) is 13.2. The van der Waals surface area contributed by atoms with Gasteiger partial charge in [-0.1, -0.05) is 0 Å². The lowest BCUT2D eigenvalue weighted by atomic mass is 9.96. The topological polar surface area (TPSA) is 179 Å². The normalized spacial score (nSPS) is 10.7. The van der Waals surface area contributed by atoms with Gasteiger partial charge in [0.1, 0.15) is 45.5 Å². The lowest BCUT2D eigenvalue weighted by molar-refractivity contribution is -0.143. The van der Waals surface area contributed by atoms with E-state index >= 15 is 0 Å². The van der Waals surface area contributed by atoms with Crippen LogP contribution in [0.25, 0.3) is 0 Å². The van der Waals surface area contributed by atoms with E-state index in [9.17, 15) is 28.3 Å². The van der Waals surface area contributed by atoms with Gasteiger partial charge in [0.15, 0.2) is 5.75 Å². The number of nitriles is 4. The molecule has 1 rings (SSSR count). The zero-order valence-corrected chi connectivity index (χ0v) is 14.1. The van der Waals surface area contributed by atoms with Gasteiger partial charge in [0.05, 0.1) is 21.4 Å². The summed E-state index contributed by atoms with van der Waals surface area (Å²) in [5.41, 5.74) is -4.55. The van der Waals surface area contributed by atoms with Crippen molar-refractivity contribution >= 4 is 16.1 Å². The molecule has 0 atom stereocenters. The van der Waals surface area contributed by atoms with Gasteiger partial charge in [-0.2, -0.15) is 21.0 Å². The van der Waals surface area contributed by atoms with Gasteiger partial charge < -0.3 is 9.29 Å². The summed E-state index contributed by atoms with van der Waals surface area (Å²) >= 11 is 0. The Morgan fingerprint density at radius 1 is 0.920 bits per heavy atom. The third-order valence-electron chi connectivity index (χ3n) is 2.91. The highest BCUT2D eigenvalue weighted by molar-refractivity contribution is 7.85. The molecule has 0 aromatic heterocycles. The fourth-order valence-corrected chi connectivity index (χ4v) is 2.52. The third-order valence-corrected chi connectivity index (χ3v) is 3.82. The molecule has 0 aliphatic rings. The number of hydrogen-bond acceptors (Lipinski definition) is 9. The summed E-state index contributed by atoms with van der Waals surface area (Å²) < 4.78 is 39.3. The minimum Gasteiger partial charge on any atom is -0.744 e. The Bertz CT molecular complexity index is 985. The van der Waals surface area contributed by atoms with Crippen molar-refractivity contribution in [1.82, 2.24) is 0 Å². The van der Waals surface area contributed by atoms with Crippen LogP contribution in [0.15, 0.2) is 4.90 Å². The van der Waals surface area contributed by atoms with E-state index in [1.165, 1.54) is 45.0 Å². The van der Waals surface area contributed by atoms with E-state index in [0.717, 1.165) is 0 Å². The van der Waals surface area contributed by atoms with E-state index in [0.29, 0.717) is 0 Å². The van der Waals surface area contributed by atoms with Crippen molar-refractivity contribution in [3.05, 3.63) is 22.3 Å². The predicted octanol–water partition coefficient (Wildman–Crippen LogP) is 1.03. The standard InChI is InChI=1S/C15H10N4O5S/c1-15(2,3)14(20)24-12-8(4-16)10(6-18)13(25(21,22)23)11(7-19)9(12)5-17/h1-3H3,(H,21,22,23)/p-1. The Morgan fingerprint density at radius 3 is 1.52 bits per heavy atom. The lowest BCUT2D eigenvalue weighted by Gasteiger charge is -2.20. The van der Waals surface area contributed by atoms with Crippen LogP contribution in [0.5, 0.6) is 5.75 Å². The first-order valence-electron chi connectivity index (χ1n) is 6.46. The average molecular weight is 357 g/mol. The number of ether oxygens (including phenoxy) is 1. The van der Waals surface area contributed by atoms with Gasteiger partial charge in [0, 0.05) is 0 Å². The zero-order chi connectivity index (χ0) is 19.6. The van der Waals surface area contributed by atoms with E-state index < -0.39 is 54.4 Å². The second-order valence-corrected chi connectivity index (χ2v) is 7.02. The molecule has 10 heteroatoms. The summed E-state index contributed by atoms with van der Waals surface area (Å²) in [4.78, 5) is 10.8. The van der Waals surface area contributed by atoms with E-state index in [4.69, 9.17) is 15.3 Å². The number of carbonyl (C=O) groups excluding carboxylic acids is 1. The Balaban J connectivity index is 4.12. The van der Waals surface area contributed by atoms with Crippen LogP contribution >= 0.6 is 0 Å². The molecule has 126 valence electrons. The second kappa shape index (κ2) is 6.59. The molecule has 0 N–H and O–H groups in total. The van der Waals surface area contributed by atoms with Gasteiger partial charge in [0.25, 0.3) is 0 Å². The van der Waals surface area contributed by atoms with Gasteiger partial charge in [-0.3, -0.25) is 4.79 Å². The van der Waals surface area contributed by atoms with Crippen LogP contribution in [-0.2, 0) is 14.9 Å². The van der Waals surface area contributed by atoms with Crippen LogP contribution in [0.4, 0.5) is 0 Å². The molecular weight excluding hydrogens is 348 g/mol. The van der Waals surface area contributed by atoms with Crippen molar-refractivity contribution < 1.29 is 22.5 Å². The van der Waals surface area contributed by atoms with Crippen LogP contribution in [-0.4, -0.2) is 18.9 Å². The number of rotatable bonds is 2. The number of nitrogens with zero attached hydrogens (tertiary/aromatic N) is 4. The van der Waals surface area contributed by atoms with Gasteiger partial charge >= 0.3 is 5.97 Å². The second-order valence-electron chi connectivity index (χ2n) is 5.70. The number of benzene rings is 1. The smallest absolute Gasteiger partial charge is 0.316 e. The van der Waals surface area contributed by atoms with Gasteiger partial charge in [-0.25, -0.2) is 8.42 Å². The molecule has 1 aromatic rings. The maximum Gasteiger partial charge on any atom is 0.316 e. The van der Waals surface area contributed by atoms with Crippen LogP contribution in [0.3, 0.4) is 0 Å². The molecule has 0 heterocycles. The summed E-state index contributed by atoms with van der Waals surface area (Å²) in [7, 11) is -5.36. The maximum atomic E-state index is 12.1. The minimum absolute atomic E-state index is 0.731. The molecule has 0 saturated carbocycles. The summed E-state index contributed by atoms with van der Waals surface area (Å²) in [6, 6.07) is 5.59. The molecule has 0 aliphatic carbocycles. The summed E-state index contributed by atoms with van der Waals surface area (Å²) in [6.45, 7) is 4.42. The average Bonchev–Trinajstić information content (AvgIpc) is 2.50. The molecule has 0 radical (unpaired) electrons. The first kappa shape index (κ1) is 19.6. The van der Waals surface area contributed by atoms with Gasteiger partial charge in [0.2, 0.25) is 0 Å². The highest BCUT2D eigenvalue weighted by Crippen LogP contribution is 2.36. The van der Waals surface area contributed by atoms with Gasteiger partial charge in [-0.15, -0.1) is 0 Å². The third kappa shape index (κ3) is 3.57. The van der Waals surface area contributed by atoms with E-state index in [-0.39, 0.29) is 0 Å². The quantitative estimate of drug-likeness (QED) is 0.424. The summed E-state index contributed by atoms with van der Waals surface area (Å²) in [6.07, 6.45) is 0. The molecule has 0 aliphatic heterocycles. The lowest BCUT2D eigenvalue weighted by Crippen LogP contribution is -2.26. The highest BCUT2D eigenvalue weighted by atomic mass is 32.2. The van der Waals surface area contributed by atoms with Crippen LogP contribution in [0.2, 0.25) is 0 Å². The molecule has 1 aromatic carbocycles. The Kier molecular flexibility index (Phi) is 5.17. The molecular formula is C15H9N4O5S-. The van der Waals surface area contributed by atoms with Gasteiger partial charge in [-0.05, 0) is 20.8 Å². The van der Waals surface area contributed by atoms with Crippen LogP contribution in [0, 0.1) is 50.7 Å². The van der Waals surface area contributed by atoms with Crippen molar-refractivity contribution in [3.63, 3.8) is 0 Å². The molecule has 25 heavy (non-hydrogen) atoms. The van der Waals surface area contributed by atoms with Crippen molar-refractivity contribution in [2.45, 2.75) is 25.7 Å². The first-order chi connectivity index (χ1) is 11.4. The number of carbonyl (C=O) groups is 1. The van der Waals surface area contributed by atoms with E-state index in [1.807, 2.05) is 0 Å². The fraction of sp³-hybridized carbons (Fsp3) is 0.267. The summed E-state index contributed by atoms with van der Waals surface area (Å²) in [5, 5.41) is 36.8. The Morgan fingerprint density at radius 2 is 1.28 bits per heavy atom.